The maximum absolute atomic E-state index is 12.5. The number of hydrogen-bond donors (Lipinski definition) is 0. The van der Waals surface area contributed by atoms with Crippen molar-refractivity contribution in [2.75, 3.05) is 45.9 Å². The molecule has 2 aromatic heterocycles. The Labute approximate surface area is 176 Å². The fourth-order valence-corrected chi connectivity index (χ4v) is 4.12. The lowest BCUT2D eigenvalue weighted by Gasteiger charge is -2.33. The predicted octanol–water partition coefficient (Wildman–Crippen LogP) is 1.27. The van der Waals surface area contributed by atoms with Crippen LogP contribution in [0, 0.1) is 5.92 Å². The van der Waals surface area contributed by atoms with E-state index in [1.165, 1.54) is 0 Å². The Hall–Kier alpha value is -2.58. The van der Waals surface area contributed by atoms with Crippen LogP contribution in [0.3, 0.4) is 0 Å². The van der Waals surface area contributed by atoms with E-state index in [1.807, 2.05) is 17.0 Å². The summed E-state index contributed by atoms with van der Waals surface area (Å²) in [6.45, 7) is 6.24. The highest BCUT2D eigenvalue weighted by atomic mass is 16.5. The Bertz CT molecular complexity index is 893. The molecule has 160 valence electrons. The van der Waals surface area contributed by atoms with Crippen LogP contribution in [0.25, 0.3) is 11.3 Å². The smallest absolute Gasteiger partial charge is 0.253 e. The molecule has 2 fully saturated rings. The number of likely N-dealkylation sites (tertiary alicyclic amines) is 1. The van der Waals surface area contributed by atoms with E-state index in [9.17, 15) is 9.59 Å². The molecule has 2 aliphatic heterocycles. The number of carbonyl (C=O) groups is 1. The van der Waals surface area contributed by atoms with Gasteiger partial charge in [-0.05, 0) is 44.0 Å². The number of aromatic nitrogens is 3. The van der Waals surface area contributed by atoms with Crippen LogP contribution in [0.1, 0.15) is 19.3 Å². The van der Waals surface area contributed by atoms with Crippen molar-refractivity contribution in [1.29, 1.82) is 0 Å². The molecule has 1 amide bonds. The van der Waals surface area contributed by atoms with Crippen molar-refractivity contribution in [3.63, 3.8) is 0 Å². The molecule has 4 rings (SSSR count). The Morgan fingerprint density at radius 3 is 2.73 bits per heavy atom. The van der Waals surface area contributed by atoms with Gasteiger partial charge < -0.3 is 14.5 Å². The summed E-state index contributed by atoms with van der Waals surface area (Å²) in [5.41, 5.74) is 1.49. The SMILES string of the molecule is O=C1CCOCCN1CCN1CCC(Cn2cnc(-c3cccnc3)cc2=O)CC1. The first kappa shape index (κ1) is 20.7. The van der Waals surface area contributed by atoms with Gasteiger partial charge in [-0.25, -0.2) is 4.98 Å². The molecular weight excluding hydrogens is 382 g/mol. The molecule has 4 heterocycles. The van der Waals surface area contributed by atoms with Crippen LogP contribution < -0.4 is 5.56 Å². The number of hydrogen-bond acceptors (Lipinski definition) is 6. The predicted molar refractivity (Wildman–Crippen MR) is 113 cm³/mol. The number of rotatable bonds is 6. The minimum atomic E-state index is -0.0202. The largest absolute Gasteiger partial charge is 0.379 e. The number of carbonyl (C=O) groups excluding carboxylic acids is 1. The zero-order valence-corrected chi connectivity index (χ0v) is 17.3. The molecule has 0 aromatic carbocycles. The first-order valence-electron chi connectivity index (χ1n) is 10.7. The molecule has 2 aromatic rings. The van der Waals surface area contributed by atoms with Crippen LogP contribution in [0.2, 0.25) is 0 Å². The van der Waals surface area contributed by atoms with Gasteiger partial charge in [-0.2, -0.15) is 0 Å². The summed E-state index contributed by atoms with van der Waals surface area (Å²) in [5, 5.41) is 0. The molecule has 0 N–H and O–H groups in total. The molecule has 8 nitrogen and oxygen atoms in total. The van der Waals surface area contributed by atoms with Gasteiger partial charge >= 0.3 is 0 Å². The van der Waals surface area contributed by atoms with Crippen molar-refractivity contribution in [3.8, 4) is 11.3 Å². The number of ether oxygens (including phenoxy) is 1. The number of pyridine rings is 1. The zero-order chi connectivity index (χ0) is 20.8. The minimum absolute atomic E-state index is 0.0202. The van der Waals surface area contributed by atoms with Gasteiger partial charge in [0.05, 0.1) is 31.7 Å². The fraction of sp³-hybridized carbons (Fsp3) is 0.545. The minimum Gasteiger partial charge on any atom is -0.379 e. The molecule has 0 spiro atoms. The van der Waals surface area contributed by atoms with Crippen LogP contribution in [0.5, 0.6) is 0 Å². The van der Waals surface area contributed by atoms with E-state index in [-0.39, 0.29) is 11.5 Å². The molecule has 0 bridgehead atoms. The van der Waals surface area contributed by atoms with Gasteiger partial charge in [-0.15, -0.1) is 0 Å². The van der Waals surface area contributed by atoms with E-state index >= 15 is 0 Å². The highest BCUT2D eigenvalue weighted by Crippen LogP contribution is 2.19. The van der Waals surface area contributed by atoms with Crippen molar-refractivity contribution < 1.29 is 9.53 Å². The summed E-state index contributed by atoms with van der Waals surface area (Å²) < 4.78 is 7.11. The quantitative estimate of drug-likeness (QED) is 0.712. The van der Waals surface area contributed by atoms with Crippen LogP contribution in [0.15, 0.2) is 41.7 Å². The number of piperidine rings is 1. The molecule has 0 unspecified atom stereocenters. The van der Waals surface area contributed by atoms with Gasteiger partial charge in [-0.3, -0.25) is 19.1 Å². The Morgan fingerprint density at radius 1 is 1.10 bits per heavy atom. The summed E-state index contributed by atoms with van der Waals surface area (Å²) in [6, 6.07) is 5.34. The summed E-state index contributed by atoms with van der Waals surface area (Å²) in [7, 11) is 0. The standard InChI is InChI=1S/C22H29N5O3/c28-21-5-12-30-13-11-26(21)10-9-25-7-3-18(4-8-25)16-27-17-24-20(14-22(27)29)19-2-1-6-23-15-19/h1-2,6,14-15,17-18H,3-5,7-13,16H2. The highest BCUT2D eigenvalue weighted by molar-refractivity contribution is 5.76. The summed E-state index contributed by atoms with van der Waals surface area (Å²) in [5.74, 6) is 0.669. The number of amides is 1. The van der Waals surface area contributed by atoms with Crippen molar-refractivity contribution in [3.05, 3.63) is 47.3 Å². The molecule has 2 saturated heterocycles. The zero-order valence-electron chi connectivity index (χ0n) is 17.3. The maximum atomic E-state index is 12.5. The van der Waals surface area contributed by atoms with Crippen LogP contribution in [-0.2, 0) is 16.1 Å². The van der Waals surface area contributed by atoms with Gasteiger partial charge in [0.15, 0.2) is 0 Å². The molecule has 2 aliphatic rings. The topological polar surface area (TPSA) is 80.6 Å². The Morgan fingerprint density at radius 2 is 1.97 bits per heavy atom. The normalized spacial score (nSPS) is 19.1. The van der Waals surface area contributed by atoms with Crippen molar-refractivity contribution in [2.24, 2.45) is 5.92 Å². The molecule has 8 heteroatoms. The second-order valence-corrected chi connectivity index (χ2v) is 8.03. The van der Waals surface area contributed by atoms with Gasteiger partial charge in [0.2, 0.25) is 5.91 Å². The third-order valence-electron chi connectivity index (χ3n) is 6.00. The molecule has 0 atom stereocenters. The second kappa shape index (κ2) is 9.95. The van der Waals surface area contributed by atoms with E-state index in [0.717, 1.165) is 44.6 Å². The molecule has 0 radical (unpaired) electrons. The number of nitrogens with zero attached hydrogens (tertiary/aromatic N) is 5. The lowest BCUT2D eigenvalue weighted by atomic mass is 9.96. The third kappa shape index (κ3) is 5.31. The lowest BCUT2D eigenvalue weighted by Crippen LogP contribution is -2.42. The van der Waals surface area contributed by atoms with Crippen molar-refractivity contribution >= 4 is 5.91 Å². The first-order valence-corrected chi connectivity index (χ1v) is 10.7. The van der Waals surface area contributed by atoms with E-state index in [4.69, 9.17) is 4.74 Å². The Balaban J connectivity index is 1.26. The van der Waals surface area contributed by atoms with Crippen molar-refractivity contribution in [2.45, 2.75) is 25.8 Å². The fourth-order valence-electron chi connectivity index (χ4n) is 4.12. The first-order chi connectivity index (χ1) is 14.7. The second-order valence-electron chi connectivity index (χ2n) is 8.03. The van der Waals surface area contributed by atoms with Gasteiger partial charge in [-0.1, -0.05) is 0 Å². The summed E-state index contributed by atoms with van der Waals surface area (Å²) >= 11 is 0. The van der Waals surface area contributed by atoms with Crippen molar-refractivity contribution in [1.82, 2.24) is 24.3 Å². The maximum Gasteiger partial charge on any atom is 0.253 e. The van der Waals surface area contributed by atoms with Gasteiger partial charge in [0.1, 0.15) is 0 Å². The molecule has 0 saturated carbocycles. The Kier molecular flexibility index (Phi) is 6.86. The highest BCUT2D eigenvalue weighted by Gasteiger charge is 2.22. The van der Waals surface area contributed by atoms with Gasteiger partial charge in [0.25, 0.3) is 5.56 Å². The monoisotopic (exact) mass is 411 g/mol. The van der Waals surface area contributed by atoms with E-state index in [0.29, 0.717) is 44.3 Å². The summed E-state index contributed by atoms with van der Waals surface area (Å²) in [4.78, 5) is 37.5. The van der Waals surface area contributed by atoms with Crippen LogP contribution in [0.4, 0.5) is 0 Å². The molecule has 30 heavy (non-hydrogen) atoms. The van der Waals surface area contributed by atoms with E-state index in [1.54, 1.807) is 29.4 Å². The van der Waals surface area contributed by atoms with Crippen LogP contribution in [-0.4, -0.2) is 76.2 Å². The average Bonchev–Trinajstić information content (AvgIpc) is 2.99. The van der Waals surface area contributed by atoms with E-state index in [2.05, 4.69) is 14.9 Å². The van der Waals surface area contributed by atoms with Crippen LogP contribution >= 0.6 is 0 Å². The average molecular weight is 412 g/mol. The summed E-state index contributed by atoms with van der Waals surface area (Å²) in [6.07, 6.45) is 7.67. The third-order valence-corrected chi connectivity index (χ3v) is 6.00. The van der Waals surface area contributed by atoms with E-state index < -0.39 is 0 Å². The molecule has 0 aliphatic carbocycles. The lowest BCUT2D eigenvalue weighted by molar-refractivity contribution is -0.130. The van der Waals surface area contributed by atoms with Gasteiger partial charge in [0, 0.05) is 50.2 Å². The molecular formula is C22H29N5O3.